The highest BCUT2D eigenvalue weighted by Gasteiger charge is 2.14. The zero-order valence-electron chi connectivity index (χ0n) is 16.2. The van der Waals surface area contributed by atoms with Crippen LogP contribution in [0, 0.1) is 5.41 Å². The maximum absolute atomic E-state index is 12.5. The number of amides is 1. The summed E-state index contributed by atoms with van der Waals surface area (Å²) in [6, 6.07) is 7.81. The second-order valence-electron chi connectivity index (χ2n) is 8.06. The van der Waals surface area contributed by atoms with Crippen molar-refractivity contribution in [2.24, 2.45) is 5.41 Å². The molecule has 0 aromatic carbocycles. The first-order valence-electron chi connectivity index (χ1n) is 9.20. The number of fused-ring (bicyclic) bond motifs is 1. The maximum Gasteiger partial charge on any atom is 0.261 e. The van der Waals surface area contributed by atoms with E-state index in [1.165, 1.54) is 11.3 Å². The summed E-state index contributed by atoms with van der Waals surface area (Å²) in [6.45, 7) is 7.89. The van der Waals surface area contributed by atoms with E-state index < -0.39 is 0 Å². The van der Waals surface area contributed by atoms with Gasteiger partial charge in [0.15, 0.2) is 0 Å². The fourth-order valence-corrected chi connectivity index (χ4v) is 3.91. The minimum atomic E-state index is -0.0680. The lowest BCUT2D eigenvalue weighted by Crippen LogP contribution is -2.21. The van der Waals surface area contributed by atoms with E-state index in [1.807, 2.05) is 58.1 Å². The van der Waals surface area contributed by atoms with Crippen LogP contribution in [0.1, 0.15) is 36.0 Å². The van der Waals surface area contributed by atoms with Crippen molar-refractivity contribution >= 4 is 22.9 Å². The van der Waals surface area contributed by atoms with E-state index in [0.29, 0.717) is 11.4 Å². The lowest BCUT2D eigenvalue weighted by atomic mass is 9.97. The molecule has 0 aliphatic carbocycles. The van der Waals surface area contributed by atoms with Gasteiger partial charge in [0.2, 0.25) is 0 Å². The second kappa shape index (κ2) is 7.24. The summed E-state index contributed by atoms with van der Waals surface area (Å²) in [5, 5.41) is 7.43. The van der Waals surface area contributed by atoms with Crippen LogP contribution >= 0.6 is 11.3 Å². The second-order valence-corrected chi connectivity index (χ2v) is 9.15. The number of carbonyl (C=O) groups is 1. The first-order chi connectivity index (χ1) is 13.4. The predicted molar refractivity (Wildman–Crippen MR) is 111 cm³/mol. The van der Waals surface area contributed by atoms with E-state index in [0.717, 1.165) is 28.2 Å². The molecule has 0 aliphatic heterocycles. The molecule has 0 aliphatic rings. The molecular formula is C21H23N5OS. The molecule has 1 N–H and O–H groups in total. The largest absolute Gasteiger partial charge is 0.347 e. The number of hydrogen-bond acceptors (Lipinski definition) is 4. The maximum atomic E-state index is 12.5. The molecule has 4 aromatic rings. The number of nitrogens with zero attached hydrogens (tertiary/aromatic N) is 4. The average Bonchev–Trinajstić information content (AvgIpc) is 3.37. The highest BCUT2D eigenvalue weighted by atomic mass is 32.1. The van der Waals surface area contributed by atoms with Gasteiger partial charge in [-0.25, -0.2) is 4.98 Å². The first kappa shape index (κ1) is 18.4. The van der Waals surface area contributed by atoms with Crippen molar-refractivity contribution in [3.05, 3.63) is 65.7 Å². The molecule has 6 nitrogen and oxygen atoms in total. The SMILES string of the molecule is CC(C)(C)Cn1cc(-c2ccc(C(=O)NCc3ccn4ccnc4c3)s2)cn1. The van der Waals surface area contributed by atoms with Crippen molar-refractivity contribution in [3.8, 4) is 10.4 Å². The molecule has 0 atom stereocenters. The fourth-order valence-electron chi connectivity index (χ4n) is 3.01. The van der Waals surface area contributed by atoms with Crippen LogP contribution in [0.25, 0.3) is 16.1 Å². The number of pyridine rings is 1. The van der Waals surface area contributed by atoms with Gasteiger partial charge in [-0.1, -0.05) is 20.8 Å². The highest BCUT2D eigenvalue weighted by molar-refractivity contribution is 7.17. The van der Waals surface area contributed by atoms with E-state index in [9.17, 15) is 4.79 Å². The normalized spacial score (nSPS) is 11.8. The summed E-state index contributed by atoms with van der Waals surface area (Å²) < 4.78 is 3.90. The average molecular weight is 394 g/mol. The van der Waals surface area contributed by atoms with E-state index in [4.69, 9.17) is 0 Å². The summed E-state index contributed by atoms with van der Waals surface area (Å²) in [5.41, 5.74) is 3.10. The molecule has 0 saturated carbocycles. The van der Waals surface area contributed by atoms with Crippen molar-refractivity contribution in [2.75, 3.05) is 0 Å². The summed E-state index contributed by atoms with van der Waals surface area (Å²) in [5.74, 6) is -0.0680. The number of imidazole rings is 1. The summed E-state index contributed by atoms with van der Waals surface area (Å²) >= 11 is 1.48. The molecule has 7 heteroatoms. The van der Waals surface area contributed by atoms with Crippen LogP contribution in [0.5, 0.6) is 0 Å². The molecule has 4 rings (SSSR count). The van der Waals surface area contributed by atoms with Gasteiger partial charge in [0.1, 0.15) is 5.65 Å². The molecule has 0 saturated heterocycles. The van der Waals surface area contributed by atoms with Gasteiger partial charge in [-0.2, -0.15) is 5.10 Å². The zero-order valence-corrected chi connectivity index (χ0v) is 17.0. The smallest absolute Gasteiger partial charge is 0.261 e. The molecule has 0 radical (unpaired) electrons. The van der Waals surface area contributed by atoms with Gasteiger partial charge in [0.05, 0.1) is 11.1 Å². The van der Waals surface area contributed by atoms with E-state index >= 15 is 0 Å². The van der Waals surface area contributed by atoms with Crippen LogP contribution < -0.4 is 5.32 Å². The Kier molecular flexibility index (Phi) is 4.77. The van der Waals surface area contributed by atoms with Crippen LogP contribution in [0.2, 0.25) is 0 Å². The summed E-state index contributed by atoms with van der Waals surface area (Å²) in [4.78, 5) is 18.5. The van der Waals surface area contributed by atoms with E-state index in [2.05, 4.69) is 36.2 Å². The Balaban J connectivity index is 1.41. The van der Waals surface area contributed by atoms with Crippen molar-refractivity contribution in [2.45, 2.75) is 33.9 Å². The third-order valence-corrected chi connectivity index (χ3v) is 5.43. The molecular weight excluding hydrogens is 370 g/mol. The number of carbonyl (C=O) groups excluding carboxylic acids is 1. The Morgan fingerprint density at radius 2 is 2.07 bits per heavy atom. The monoisotopic (exact) mass is 393 g/mol. The third kappa shape index (κ3) is 4.14. The molecule has 4 heterocycles. The molecule has 0 unspecified atom stereocenters. The number of aromatic nitrogens is 4. The van der Waals surface area contributed by atoms with Gasteiger partial charge >= 0.3 is 0 Å². The van der Waals surface area contributed by atoms with Gasteiger partial charge in [0.25, 0.3) is 5.91 Å². The first-order valence-corrected chi connectivity index (χ1v) is 10.0. The lowest BCUT2D eigenvalue weighted by Gasteiger charge is -2.17. The number of thiophene rings is 1. The lowest BCUT2D eigenvalue weighted by molar-refractivity contribution is 0.0955. The van der Waals surface area contributed by atoms with Crippen molar-refractivity contribution in [1.82, 2.24) is 24.5 Å². The quantitative estimate of drug-likeness (QED) is 0.552. The molecule has 1 amide bonds. The number of nitrogens with one attached hydrogen (secondary N) is 1. The van der Waals surface area contributed by atoms with Crippen LogP contribution in [0.4, 0.5) is 0 Å². The Hall–Kier alpha value is -2.93. The van der Waals surface area contributed by atoms with Gasteiger partial charge in [0, 0.05) is 48.3 Å². The van der Waals surface area contributed by atoms with Gasteiger partial charge in [-0.3, -0.25) is 9.48 Å². The highest BCUT2D eigenvalue weighted by Crippen LogP contribution is 2.28. The minimum Gasteiger partial charge on any atom is -0.347 e. The molecule has 144 valence electrons. The zero-order chi connectivity index (χ0) is 19.7. The van der Waals surface area contributed by atoms with Crippen molar-refractivity contribution in [3.63, 3.8) is 0 Å². The third-order valence-electron chi connectivity index (χ3n) is 4.30. The van der Waals surface area contributed by atoms with E-state index in [1.54, 1.807) is 6.20 Å². The van der Waals surface area contributed by atoms with Gasteiger partial charge < -0.3 is 9.72 Å². The summed E-state index contributed by atoms with van der Waals surface area (Å²) in [7, 11) is 0. The molecule has 0 fully saturated rings. The molecule has 0 spiro atoms. The molecule has 4 aromatic heterocycles. The Labute approximate surface area is 167 Å². The van der Waals surface area contributed by atoms with Crippen LogP contribution in [-0.2, 0) is 13.1 Å². The topological polar surface area (TPSA) is 64.2 Å². The number of rotatable bonds is 5. The summed E-state index contributed by atoms with van der Waals surface area (Å²) in [6.07, 6.45) is 9.50. The molecule has 28 heavy (non-hydrogen) atoms. The predicted octanol–water partition coefficient (Wildman–Crippen LogP) is 4.24. The minimum absolute atomic E-state index is 0.0680. The van der Waals surface area contributed by atoms with Crippen molar-refractivity contribution < 1.29 is 4.79 Å². The van der Waals surface area contributed by atoms with Crippen LogP contribution in [0.15, 0.2) is 55.2 Å². The van der Waals surface area contributed by atoms with Gasteiger partial charge in [-0.05, 0) is 35.2 Å². The fraction of sp³-hybridized carbons (Fsp3) is 0.286. The van der Waals surface area contributed by atoms with Crippen LogP contribution in [-0.4, -0.2) is 25.1 Å². The van der Waals surface area contributed by atoms with E-state index in [-0.39, 0.29) is 11.3 Å². The van der Waals surface area contributed by atoms with Crippen molar-refractivity contribution in [1.29, 1.82) is 0 Å². The Morgan fingerprint density at radius 3 is 2.89 bits per heavy atom. The van der Waals surface area contributed by atoms with Gasteiger partial charge in [-0.15, -0.1) is 11.3 Å². The number of hydrogen-bond donors (Lipinski definition) is 1. The Morgan fingerprint density at radius 1 is 1.21 bits per heavy atom. The standard InChI is InChI=1S/C21H23N5OS/c1-21(2,3)14-26-13-16(12-24-26)17-4-5-18(28-17)20(27)23-11-15-6-8-25-9-7-22-19(25)10-15/h4-10,12-13H,11,14H2,1-3H3,(H,23,27). The van der Waals surface area contributed by atoms with Crippen LogP contribution in [0.3, 0.4) is 0 Å². The Bertz CT molecular complexity index is 1120. The molecule has 0 bridgehead atoms.